The van der Waals surface area contributed by atoms with E-state index < -0.39 is 11.7 Å². The number of carbonyl (C=O) groups is 1. The Balaban J connectivity index is 1.85. The number of nitrogens with zero attached hydrogens (tertiary/aromatic N) is 3. The maximum absolute atomic E-state index is 12.0. The van der Waals surface area contributed by atoms with Crippen LogP contribution in [-0.4, -0.2) is 39.3 Å². The van der Waals surface area contributed by atoms with E-state index in [4.69, 9.17) is 10.5 Å². The van der Waals surface area contributed by atoms with Crippen LogP contribution in [-0.2, 0) is 11.8 Å². The van der Waals surface area contributed by atoms with Gasteiger partial charge in [0.05, 0.1) is 5.69 Å². The highest BCUT2D eigenvalue weighted by Crippen LogP contribution is 2.31. The van der Waals surface area contributed by atoms with E-state index in [1.54, 1.807) is 13.2 Å². The van der Waals surface area contributed by atoms with E-state index in [1.807, 2.05) is 19.9 Å². The van der Waals surface area contributed by atoms with Crippen molar-refractivity contribution in [2.45, 2.75) is 45.1 Å². The van der Waals surface area contributed by atoms with Crippen LogP contribution in [0.1, 0.15) is 39.5 Å². The van der Waals surface area contributed by atoms with Gasteiger partial charge in [0.1, 0.15) is 11.1 Å². The summed E-state index contributed by atoms with van der Waals surface area (Å²) < 4.78 is 6.80. The minimum Gasteiger partial charge on any atom is -0.444 e. The number of hydrogen-bond donors (Lipinski definition) is 2. The number of rotatable bonds is 4. The number of H-pyrrole nitrogens is 1. The Bertz CT molecular complexity index is 854. The normalized spacial score (nSPS) is 18.7. The third kappa shape index (κ3) is 3.84. The molecule has 1 atom stereocenters. The second-order valence-corrected chi connectivity index (χ2v) is 7.71. The van der Waals surface area contributed by atoms with Gasteiger partial charge in [-0.3, -0.25) is 4.57 Å². The Kier molecular flexibility index (Phi) is 4.93. The zero-order chi connectivity index (χ0) is 18.9. The highest BCUT2D eigenvalue weighted by atomic mass is 16.6. The van der Waals surface area contributed by atoms with Crippen LogP contribution >= 0.6 is 0 Å². The number of hydrogen-bond acceptors (Lipinski definition) is 5. The molecule has 3 rings (SSSR count). The van der Waals surface area contributed by atoms with Gasteiger partial charge < -0.3 is 20.4 Å². The predicted molar refractivity (Wildman–Crippen MR) is 100 cm³/mol. The molecular weight excluding hydrogens is 334 g/mol. The molecule has 8 heteroatoms. The van der Waals surface area contributed by atoms with Gasteiger partial charge in [-0.25, -0.2) is 14.6 Å². The molecule has 0 radical (unpaired) electrons. The number of pyridine rings is 1. The SMILES string of the molecule is Cn1c(=O)[nH]c2c(N3CCCCC(CC(C)(C)OC(N)=O)C3)ccnc21. The molecule has 3 heterocycles. The van der Waals surface area contributed by atoms with Crippen molar-refractivity contribution in [3.8, 4) is 0 Å². The third-order valence-electron chi connectivity index (χ3n) is 5.03. The van der Waals surface area contributed by atoms with Gasteiger partial charge in [-0.15, -0.1) is 0 Å². The number of imidazole rings is 1. The molecule has 1 unspecified atom stereocenters. The monoisotopic (exact) mass is 361 g/mol. The zero-order valence-corrected chi connectivity index (χ0v) is 15.6. The van der Waals surface area contributed by atoms with Crippen LogP contribution in [0, 0.1) is 5.92 Å². The third-order valence-corrected chi connectivity index (χ3v) is 5.03. The summed E-state index contributed by atoms with van der Waals surface area (Å²) in [6.07, 6.45) is 5.01. The number of aromatic amines is 1. The summed E-state index contributed by atoms with van der Waals surface area (Å²) >= 11 is 0. The molecule has 2 aromatic rings. The molecule has 0 saturated carbocycles. The van der Waals surface area contributed by atoms with Crippen LogP contribution in [0.25, 0.3) is 11.2 Å². The van der Waals surface area contributed by atoms with Gasteiger partial charge in [-0.2, -0.15) is 0 Å². The number of carbonyl (C=O) groups excluding carboxylic acids is 1. The zero-order valence-electron chi connectivity index (χ0n) is 15.6. The lowest BCUT2D eigenvalue weighted by molar-refractivity contribution is 0.0265. The minimum absolute atomic E-state index is 0.165. The number of ether oxygens (including phenoxy) is 1. The van der Waals surface area contributed by atoms with E-state index in [1.165, 1.54) is 4.57 Å². The molecule has 1 aliphatic rings. The Morgan fingerprint density at radius 3 is 2.96 bits per heavy atom. The Morgan fingerprint density at radius 1 is 1.46 bits per heavy atom. The lowest BCUT2D eigenvalue weighted by atomic mass is 9.90. The van der Waals surface area contributed by atoms with Crippen LogP contribution < -0.4 is 16.3 Å². The molecule has 1 amide bonds. The summed E-state index contributed by atoms with van der Waals surface area (Å²) in [5.74, 6) is 0.366. The number of anilines is 1. The van der Waals surface area contributed by atoms with Crippen molar-refractivity contribution in [3.05, 3.63) is 22.7 Å². The summed E-state index contributed by atoms with van der Waals surface area (Å²) in [6, 6.07) is 1.95. The van der Waals surface area contributed by atoms with E-state index in [2.05, 4.69) is 14.9 Å². The number of amides is 1. The van der Waals surface area contributed by atoms with Crippen molar-refractivity contribution < 1.29 is 9.53 Å². The number of fused-ring (bicyclic) bond motifs is 1. The highest BCUT2D eigenvalue weighted by molar-refractivity contribution is 5.85. The molecule has 26 heavy (non-hydrogen) atoms. The van der Waals surface area contributed by atoms with Gasteiger partial charge in [0.2, 0.25) is 0 Å². The van der Waals surface area contributed by atoms with E-state index in [-0.39, 0.29) is 5.69 Å². The molecule has 2 aromatic heterocycles. The van der Waals surface area contributed by atoms with Crippen molar-refractivity contribution in [3.63, 3.8) is 0 Å². The Hall–Kier alpha value is -2.51. The van der Waals surface area contributed by atoms with Crippen LogP contribution in [0.5, 0.6) is 0 Å². The summed E-state index contributed by atoms with van der Waals surface area (Å²) in [6.45, 7) is 5.55. The first-order valence-corrected chi connectivity index (χ1v) is 9.04. The van der Waals surface area contributed by atoms with E-state index in [0.29, 0.717) is 11.6 Å². The lowest BCUT2D eigenvalue weighted by Gasteiger charge is -2.32. The standard InChI is InChI=1S/C18H27N5O3/c1-18(2,26-16(19)24)10-12-6-4-5-9-23(11-12)13-7-8-20-15-14(13)21-17(25)22(15)3/h7-8,12H,4-6,9-11H2,1-3H3,(H2,19,24)(H,21,25). The molecule has 0 bridgehead atoms. The molecule has 8 nitrogen and oxygen atoms in total. The first kappa shape index (κ1) is 18.3. The van der Waals surface area contributed by atoms with Gasteiger partial charge in [0.25, 0.3) is 0 Å². The molecule has 3 N–H and O–H groups in total. The second-order valence-electron chi connectivity index (χ2n) is 7.71. The van der Waals surface area contributed by atoms with Gasteiger partial charge >= 0.3 is 11.8 Å². The van der Waals surface area contributed by atoms with Crippen molar-refractivity contribution in [2.24, 2.45) is 18.7 Å². The topological polar surface area (TPSA) is 106 Å². The average Bonchev–Trinajstić information content (AvgIpc) is 2.71. The molecule has 0 aromatic carbocycles. The fraction of sp³-hybridized carbons (Fsp3) is 0.611. The fourth-order valence-corrected chi connectivity index (χ4v) is 3.99. The summed E-state index contributed by atoms with van der Waals surface area (Å²) in [5, 5.41) is 0. The van der Waals surface area contributed by atoms with E-state index in [0.717, 1.165) is 50.0 Å². The van der Waals surface area contributed by atoms with Gasteiger partial charge in [0.15, 0.2) is 5.65 Å². The molecule has 1 aliphatic heterocycles. The van der Waals surface area contributed by atoms with Crippen molar-refractivity contribution in [1.29, 1.82) is 0 Å². The molecule has 1 saturated heterocycles. The first-order chi connectivity index (χ1) is 12.3. The number of nitrogens with two attached hydrogens (primary N) is 1. The average molecular weight is 361 g/mol. The van der Waals surface area contributed by atoms with Crippen molar-refractivity contribution in [1.82, 2.24) is 14.5 Å². The smallest absolute Gasteiger partial charge is 0.405 e. The fourth-order valence-electron chi connectivity index (χ4n) is 3.99. The summed E-state index contributed by atoms with van der Waals surface area (Å²) in [7, 11) is 1.72. The predicted octanol–water partition coefficient (Wildman–Crippen LogP) is 2.13. The van der Waals surface area contributed by atoms with Gasteiger partial charge in [-0.1, -0.05) is 6.42 Å². The number of primary amides is 1. The molecular formula is C18H27N5O3. The highest BCUT2D eigenvalue weighted by Gasteiger charge is 2.29. The summed E-state index contributed by atoms with van der Waals surface area (Å²) in [4.78, 5) is 32.7. The maximum atomic E-state index is 12.0. The largest absolute Gasteiger partial charge is 0.444 e. The minimum atomic E-state index is -0.738. The number of nitrogens with one attached hydrogen (secondary N) is 1. The van der Waals surface area contributed by atoms with E-state index >= 15 is 0 Å². The Morgan fingerprint density at radius 2 is 2.23 bits per heavy atom. The second kappa shape index (κ2) is 7.01. The molecule has 0 aliphatic carbocycles. The van der Waals surface area contributed by atoms with Crippen molar-refractivity contribution in [2.75, 3.05) is 18.0 Å². The van der Waals surface area contributed by atoms with Crippen molar-refractivity contribution >= 4 is 22.9 Å². The van der Waals surface area contributed by atoms with Gasteiger partial charge in [0, 0.05) is 26.3 Å². The quantitative estimate of drug-likeness (QED) is 0.868. The maximum Gasteiger partial charge on any atom is 0.405 e. The summed E-state index contributed by atoms with van der Waals surface area (Å²) in [5.41, 5.74) is 6.86. The van der Waals surface area contributed by atoms with Gasteiger partial charge in [-0.05, 0) is 45.1 Å². The number of aromatic nitrogens is 3. The van der Waals surface area contributed by atoms with E-state index in [9.17, 15) is 9.59 Å². The van der Waals surface area contributed by atoms with Crippen LogP contribution in [0.15, 0.2) is 17.1 Å². The Labute approximate surface area is 152 Å². The lowest BCUT2D eigenvalue weighted by Crippen LogP contribution is -2.36. The van der Waals surface area contributed by atoms with Crippen LogP contribution in [0.3, 0.4) is 0 Å². The molecule has 1 fully saturated rings. The van der Waals surface area contributed by atoms with Crippen LogP contribution in [0.2, 0.25) is 0 Å². The number of aryl methyl sites for hydroxylation is 1. The molecule has 142 valence electrons. The molecule has 0 spiro atoms. The van der Waals surface area contributed by atoms with Crippen LogP contribution in [0.4, 0.5) is 10.5 Å². The first-order valence-electron chi connectivity index (χ1n) is 9.04.